The Hall–Kier alpha value is -1.26. The van der Waals surface area contributed by atoms with Gasteiger partial charge in [-0.05, 0) is 65.5 Å². The van der Waals surface area contributed by atoms with E-state index in [0.717, 1.165) is 43.5 Å². The molecular weight excluding hydrogens is 493 g/mol. The number of ether oxygens (including phenoxy) is 2. The first-order chi connectivity index (χ1) is 14.1. The van der Waals surface area contributed by atoms with Crippen LogP contribution >= 0.6 is 24.0 Å². The van der Waals surface area contributed by atoms with Gasteiger partial charge in [-0.2, -0.15) is 0 Å². The summed E-state index contributed by atoms with van der Waals surface area (Å²) in [7, 11) is 3.87. The number of hydrogen-bond acceptors (Lipinski definition) is 5. The van der Waals surface area contributed by atoms with Gasteiger partial charge in [-0.3, -0.25) is 0 Å². The van der Waals surface area contributed by atoms with E-state index in [1.165, 1.54) is 32.6 Å². The minimum atomic E-state index is -0.0455. The van der Waals surface area contributed by atoms with Gasteiger partial charge >= 0.3 is 0 Å². The normalized spacial score (nSPS) is 16.9. The summed E-state index contributed by atoms with van der Waals surface area (Å²) in [6.07, 6.45) is 2.33. The van der Waals surface area contributed by atoms with E-state index >= 15 is 0 Å². The van der Waals surface area contributed by atoms with Crippen molar-refractivity contribution in [1.82, 2.24) is 20.4 Å². The van der Waals surface area contributed by atoms with Gasteiger partial charge in [0.25, 0.3) is 0 Å². The van der Waals surface area contributed by atoms with Crippen LogP contribution in [0.2, 0.25) is 0 Å². The second-order valence-electron chi connectivity index (χ2n) is 7.58. The van der Waals surface area contributed by atoms with E-state index in [-0.39, 0.29) is 30.1 Å². The number of methoxy groups -OCH3 is 1. The highest BCUT2D eigenvalue weighted by atomic mass is 127. The van der Waals surface area contributed by atoms with Crippen LogP contribution in [0.15, 0.2) is 29.3 Å². The Morgan fingerprint density at radius 2 is 1.90 bits per heavy atom. The molecule has 30 heavy (non-hydrogen) atoms. The zero-order valence-corrected chi connectivity index (χ0v) is 21.4. The molecule has 1 saturated heterocycles. The SMILES string of the molecule is CCNC(=NCC(C)Oc1ccccc1OC)NCCCN1CCCN(C)CC1.I. The standard InChI is InChI=1S/C22H39N5O2.HI/c1-5-23-22(24-12-8-14-27-15-9-13-26(3)16-17-27)25-18-19(2)29-21-11-7-6-10-20(21)28-4;/h6-7,10-11,19H,5,8-9,12-18H2,1-4H3,(H2,23,24,25);1H. The molecule has 1 fully saturated rings. The van der Waals surface area contributed by atoms with E-state index in [0.29, 0.717) is 6.54 Å². The largest absolute Gasteiger partial charge is 0.493 e. The molecule has 0 aliphatic carbocycles. The Balaban J connectivity index is 0.00000450. The number of halogens is 1. The van der Waals surface area contributed by atoms with Crippen LogP contribution in [0, 0.1) is 0 Å². The number of nitrogens with zero attached hydrogens (tertiary/aromatic N) is 3. The quantitative estimate of drug-likeness (QED) is 0.209. The summed E-state index contributed by atoms with van der Waals surface area (Å²) >= 11 is 0. The second-order valence-corrected chi connectivity index (χ2v) is 7.58. The van der Waals surface area contributed by atoms with Gasteiger partial charge in [0.1, 0.15) is 6.10 Å². The molecule has 0 spiro atoms. The van der Waals surface area contributed by atoms with Crippen LogP contribution < -0.4 is 20.1 Å². The lowest BCUT2D eigenvalue weighted by Crippen LogP contribution is -2.39. The fraction of sp³-hybridized carbons (Fsp3) is 0.682. The smallest absolute Gasteiger partial charge is 0.191 e. The van der Waals surface area contributed by atoms with Crippen LogP contribution in [0.25, 0.3) is 0 Å². The first kappa shape index (κ1) is 26.8. The summed E-state index contributed by atoms with van der Waals surface area (Å²) in [6.45, 7) is 12.3. The maximum atomic E-state index is 5.99. The average Bonchev–Trinajstić information content (AvgIpc) is 2.93. The summed E-state index contributed by atoms with van der Waals surface area (Å²) in [5.74, 6) is 2.34. The van der Waals surface area contributed by atoms with Crippen LogP contribution in [-0.4, -0.2) is 88.4 Å². The highest BCUT2D eigenvalue weighted by Gasteiger charge is 2.12. The third kappa shape index (κ3) is 10.2. The van der Waals surface area contributed by atoms with Crippen molar-refractivity contribution in [1.29, 1.82) is 0 Å². The number of likely N-dealkylation sites (N-methyl/N-ethyl adjacent to an activating group) is 1. The molecule has 0 bridgehead atoms. The first-order valence-corrected chi connectivity index (χ1v) is 10.8. The maximum Gasteiger partial charge on any atom is 0.191 e. The van der Waals surface area contributed by atoms with Gasteiger partial charge in [0.15, 0.2) is 17.5 Å². The van der Waals surface area contributed by atoms with Crippen LogP contribution in [0.1, 0.15) is 26.7 Å². The van der Waals surface area contributed by atoms with Gasteiger partial charge in [-0.15, -0.1) is 24.0 Å². The van der Waals surface area contributed by atoms with Crippen molar-refractivity contribution in [2.24, 2.45) is 4.99 Å². The molecule has 2 N–H and O–H groups in total. The molecule has 172 valence electrons. The molecule has 1 atom stereocenters. The predicted octanol–water partition coefficient (Wildman–Crippen LogP) is 2.66. The molecule has 1 aliphatic rings. The van der Waals surface area contributed by atoms with Crippen molar-refractivity contribution in [3.63, 3.8) is 0 Å². The number of nitrogens with one attached hydrogen (secondary N) is 2. The topological polar surface area (TPSA) is 61.4 Å². The highest BCUT2D eigenvalue weighted by molar-refractivity contribution is 14.0. The minimum absolute atomic E-state index is 0. The van der Waals surface area contributed by atoms with Gasteiger partial charge in [0.2, 0.25) is 0 Å². The van der Waals surface area contributed by atoms with Gasteiger partial charge in [0, 0.05) is 26.2 Å². The Kier molecular flexibility index (Phi) is 13.9. The highest BCUT2D eigenvalue weighted by Crippen LogP contribution is 2.26. The summed E-state index contributed by atoms with van der Waals surface area (Å²) in [5, 5.41) is 6.76. The molecule has 1 aromatic carbocycles. The molecule has 0 radical (unpaired) electrons. The fourth-order valence-corrected chi connectivity index (χ4v) is 3.36. The molecular formula is C22H40IN5O2. The van der Waals surface area contributed by atoms with Crippen LogP contribution in [0.3, 0.4) is 0 Å². The van der Waals surface area contributed by atoms with Crippen molar-refractivity contribution in [2.75, 3.05) is 66.5 Å². The number of para-hydroxylation sites is 2. The number of hydrogen-bond donors (Lipinski definition) is 2. The van der Waals surface area contributed by atoms with Crippen molar-refractivity contribution in [3.8, 4) is 11.5 Å². The van der Waals surface area contributed by atoms with E-state index < -0.39 is 0 Å². The van der Waals surface area contributed by atoms with Crippen molar-refractivity contribution in [2.45, 2.75) is 32.8 Å². The summed E-state index contributed by atoms with van der Waals surface area (Å²) in [6, 6.07) is 7.70. The summed E-state index contributed by atoms with van der Waals surface area (Å²) < 4.78 is 11.3. The minimum Gasteiger partial charge on any atom is -0.493 e. The zero-order valence-electron chi connectivity index (χ0n) is 19.0. The van der Waals surface area contributed by atoms with E-state index in [1.54, 1.807) is 7.11 Å². The van der Waals surface area contributed by atoms with Crippen molar-refractivity contribution < 1.29 is 9.47 Å². The van der Waals surface area contributed by atoms with Crippen LogP contribution in [-0.2, 0) is 0 Å². The maximum absolute atomic E-state index is 5.99. The number of aliphatic imine (C=N–C) groups is 1. The molecule has 2 rings (SSSR count). The first-order valence-electron chi connectivity index (χ1n) is 10.8. The molecule has 1 aromatic rings. The molecule has 7 nitrogen and oxygen atoms in total. The lowest BCUT2D eigenvalue weighted by atomic mass is 10.3. The summed E-state index contributed by atoms with van der Waals surface area (Å²) in [5.41, 5.74) is 0. The average molecular weight is 533 g/mol. The Bertz CT molecular complexity index is 617. The van der Waals surface area contributed by atoms with E-state index in [1.807, 2.05) is 31.2 Å². The Morgan fingerprint density at radius 3 is 2.63 bits per heavy atom. The van der Waals surface area contributed by atoms with E-state index in [2.05, 4.69) is 39.4 Å². The lowest BCUT2D eigenvalue weighted by Gasteiger charge is -2.20. The number of benzene rings is 1. The van der Waals surface area contributed by atoms with Crippen molar-refractivity contribution in [3.05, 3.63) is 24.3 Å². The Labute approximate surface area is 199 Å². The second kappa shape index (κ2) is 15.5. The summed E-state index contributed by atoms with van der Waals surface area (Å²) in [4.78, 5) is 9.67. The van der Waals surface area contributed by atoms with Crippen LogP contribution in [0.4, 0.5) is 0 Å². The van der Waals surface area contributed by atoms with E-state index in [9.17, 15) is 0 Å². The molecule has 8 heteroatoms. The Morgan fingerprint density at radius 1 is 1.13 bits per heavy atom. The third-order valence-electron chi connectivity index (χ3n) is 5.00. The van der Waals surface area contributed by atoms with Crippen LogP contribution in [0.5, 0.6) is 11.5 Å². The number of guanidine groups is 1. The molecule has 1 unspecified atom stereocenters. The third-order valence-corrected chi connectivity index (χ3v) is 5.00. The molecule has 0 amide bonds. The predicted molar refractivity (Wildman–Crippen MR) is 136 cm³/mol. The molecule has 1 heterocycles. The monoisotopic (exact) mass is 533 g/mol. The van der Waals surface area contributed by atoms with Gasteiger partial charge in [-0.1, -0.05) is 12.1 Å². The molecule has 0 aromatic heterocycles. The zero-order chi connectivity index (χ0) is 20.9. The molecule has 1 aliphatic heterocycles. The van der Waals surface area contributed by atoms with Gasteiger partial charge in [-0.25, -0.2) is 4.99 Å². The van der Waals surface area contributed by atoms with Gasteiger partial charge < -0.3 is 29.9 Å². The van der Waals surface area contributed by atoms with Crippen molar-refractivity contribution >= 4 is 29.9 Å². The van der Waals surface area contributed by atoms with E-state index in [4.69, 9.17) is 9.47 Å². The fourth-order valence-electron chi connectivity index (χ4n) is 3.36. The molecule has 0 saturated carbocycles. The lowest BCUT2D eigenvalue weighted by molar-refractivity contribution is 0.219. The number of rotatable bonds is 10. The van der Waals surface area contributed by atoms with Gasteiger partial charge in [0.05, 0.1) is 13.7 Å².